The number of nitrogens with zero attached hydrogens (tertiary/aromatic N) is 2. The standard InChI is InChI=1S/C26H29Cl2N3O4S/c1-4-15-29-26(33)18(2)30(16-21-22(27)12-8-13-23(21)28)25(32)17-31(36(3,34)35)24-14-7-10-19-9-5-6-11-20(19)24/h5-14,18H,4,15-17H2,1-3H3,(H,29,33)/t18-/m1/s1. The van der Waals surface area contributed by atoms with Crippen molar-refractivity contribution in [1.82, 2.24) is 10.2 Å². The lowest BCUT2D eigenvalue weighted by Gasteiger charge is -2.32. The van der Waals surface area contributed by atoms with Gasteiger partial charge in [0.05, 0.1) is 11.9 Å². The minimum Gasteiger partial charge on any atom is -0.354 e. The third kappa shape index (κ3) is 6.49. The van der Waals surface area contributed by atoms with Crippen molar-refractivity contribution in [2.75, 3.05) is 23.7 Å². The second-order valence-electron chi connectivity index (χ2n) is 8.46. The second kappa shape index (κ2) is 12.0. The van der Waals surface area contributed by atoms with Gasteiger partial charge in [-0.1, -0.05) is 72.6 Å². The number of rotatable bonds is 10. The summed E-state index contributed by atoms with van der Waals surface area (Å²) < 4.78 is 26.8. The van der Waals surface area contributed by atoms with Crippen LogP contribution in [0.1, 0.15) is 25.8 Å². The Labute approximate surface area is 222 Å². The van der Waals surface area contributed by atoms with Gasteiger partial charge in [0, 0.05) is 34.1 Å². The topological polar surface area (TPSA) is 86.8 Å². The number of halogens is 2. The molecule has 0 saturated carbocycles. The molecule has 1 N–H and O–H groups in total. The van der Waals surface area contributed by atoms with Crippen molar-refractivity contribution < 1.29 is 18.0 Å². The summed E-state index contributed by atoms with van der Waals surface area (Å²) in [5.74, 6) is -0.923. The molecule has 192 valence electrons. The molecule has 0 spiro atoms. The monoisotopic (exact) mass is 549 g/mol. The first-order valence-corrected chi connectivity index (χ1v) is 14.1. The van der Waals surface area contributed by atoms with Crippen LogP contribution in [-0.2, 0) is 26.2 Å². The molecule has 0 fully saturated rings. The Balaban J connectivity index is 2.02. The highest BCUT2D eigenvalue weighted by molar-refractivity contribution is 7.92. The molecule has 7 nitrogen and oxygen atoms in total. The molecule has 3 rings (SSSR count). The number of carbonyl (C=O) groups is 2. The molecule has 2 amide bonds. The number of benzene rings is 3. The Morgan fingerprint density at radius 3 is 2.22 bits per heavy atom. The SMILES string of the molecule is CCCNC(=O)[C@@H](C)N(Cc1c(Cl)cccc1Cl)C(=O)CN(c1cccc2ccccc12)S(C)(=O)=O. The Morgan fingerprint density at radius 1 is 0.972 bits per heavy atom. The first-order valence-electron chi connectivity index (χ1n) is 11.5. The Hall–Kier alpha value is -2.81. The number of fused-ring (bicyclic) bond motifs is 1. The molecule has 3 aromatic carbocycles. The van der Waals surface area contributed by atoms with Crippen molar-refractivity contribution in [3.8, 4) is 0 Å². The lowest BCUT2D eigenvalue weighted by Crippen LogP contribution is -2.51. The number of sulfonamides is 1. The number of hydrogen-bond donors (Lipinski definition) is 1. The van der Waals surface area contributed by atoms with Crippen LogP contribution < -0.4 is 9.62 Å². The molecule has 0 aliphatic heterocycles. The number of hydrogen-bond acceptors (Lipinski definition) is 4. The molecule has 0 heterocycles. The molecule has 3 aromatic rings. The summed E-state index contributed by atoms with van der Waals surface area (Å²) in [7, 11) is -3.85. The van der Waals surface area contributed by atoms with Gasteiger partial charge in [-0.05, 0) is 36.9 Å². The van der Waals surface area contributed by atoms with Gasteiger partial charge in [0.15, 0.2) is 0 Å². The largest absolute Gasteiger partial charge is 0.354 e. The number of carbonyl (C=O) groups excluding carboxylic acids is 2. The van der Waals surface area contributed by atoms with Gasteiger partial charge in [0.25, 0.3) is 0 Å². The van der Waals surface area contributed by atoms with Gasteiger partial charge in [-0.2, -0.15) is 0 Å². The van der Waals surface area contributed by atoms with Crippen molar-refractivity contribution in [2.24, 2.45) is 0 Å². The molecule has 1 atom stereocenters. The lowest BCUT2D eigenvalue weighted by atomic mass is 10.1. The average Bonchev–Trinajstić information content (AvgIpc) is 2.84. The van der Waals surface area contributed by atoms with E-state index in [1.54, 1.807) is 49.4 Å². The van der Waals surface area contributed by atoms with Gasteiger partial charge in [0.1, 0.15) is 12.6 Å². The van der Waals surface area contributed by atoms with E-state index < -0.39 is 28.5 Å². The van der Waals surface area contributed by atoms with Crippen LogP contribution in [0.4, 0.5) is 5.69 Å². The van der Waals surface area contributed by atoms with Crippen LogP contribution in [0.25, 0.3) is 10.8 Å². The Morgan fingerprint density at radius 2 is 1.58 bits per heavy atom. The fraction of sp³-hybridized carbons (Fsp3) is 0.308. The molecular weight excluding hydrogens is 521 g/mol. The first kappa shape index (κ1) is 27.8. The van der Waals surface area contributed by atoms with E-state index in [-0.39, 0.29) is 12.5 Å². The zero-order valence-corrected chi connectivity index (χ0v) is 22.7. The van der Waals surface area contributed by atoms with E-state index in [2.05, 4.69) is 5.32 Å². The zero-order valence-electron chi connectivity index (χ0n) is 20.4. The van der Waals surface area contributed by atoms with Crippen LogP contribution in [-0.4, -0.2) is 50.5 Å². The van der Waals surface area contributed by atoms with E-state index in [0.717, 1.165) is 22.4 Å². The fourth-order valence-electron chi connectivity index (χ4n) is 3.85. The van der Waals surface area contributed by atoms with Crippen LogP contribution in [0.5, 0.6) is 0 Å². The van der Waals surface area contributed by atoms with Crippen LogP contribution in [0, 0.1) is 0 Å². The van der Waals surface area contributed by atoms with Crippen LogP contribution in [0.15, 0.2) is 60.7 Å². The minimum absolute atomic E-state index is 0.0643. The third-order valence-corrected chi connectivity index (χ3v) is 7.66. The highest BCUT2D eigenvalue weighted by Crippen LogP contribution is 2.30. The third-order valence-electron chi connectivity index (χ3n) is 5.82. The summed E-state index contributed by atoms with van der Waals surface area (Å²) in [5, 5.41) is 5.00. The highest BCUT2D eigenvalue weighted by Gasteiger charge is 2.31. The summed E-state index contributed by atoms with van der Waals surface area (Å²) >= 11 is 12.7. The summed E-state index contributed by atoms with van der Waals surface area (Å²) in [6.45, 7) is 3.40. The first-order chi connectivity index (χ1) is 17.0. The quantitative estimate of drug-likeness (QED) is 0.391. The highest BCUT2D eigenvalue weighted by atomic mass is 35.5. The van der Waals surface area contributed by atoms with Crippen molar-refractivity contribution in [1.29, 1.82) is 0 Å². The average molecular weight is 551 g/mol. The fourth-order valence-corrected chi connectivity index (χ4v) is 5.23. The maximum absolute atomic E-state index is 13.7. The van der Waals surface area contributed by atoms with E-state index >= 15 is 0 Å². The van der Waals surface area contributed by atoms with Crippen molar-refractivity contribution in [3.63, 3.8) is 0 Å². The van der Waals surface area contributed by atoms with Gasteiger partial charge in [-0.3, -0.25) is 13.9 Å². The maximum atomic E-state index is 13.7. The van der Waals surface area contributed by atoms with Crippen LogP contribution in [0.2, 0.25) is 10.0 Å². The zero-order chi connectivity index (χ0) is 26.5. The normalized spacial score (nSPS) is 12.2. The van der Waals surface area contributed by atoms with E-state index in [0.29, 0.717) is 33.2 Å². The lowest BCUT2D eigenvalue weighted by molar-refractivity contribution is -0.139. The van der Waals surface area contributed by atoms with Crippen molar-refractivity contribution >= 4 is 61.5 Å². The van der Waals surface area contributed by atoms with E-state index in [1.165, 1.54) is 4.90 Å². The number of nitrogens with one attached hydrogen (secondary N) is 1. The molecule has 0 bridgehead atoms. The molecule has 0 saturated heterocycles. The number of anilines is 1. The molecule has 0 radical (unpaired) electrons. The second-order valence-corrected chi connectivity index (χ2v) is 11.2. The molecule has 0 aromatic heterocycles. The van der Waals surface area contributed by atoms with E-state index in [9.17, 15) is 18.0 Å². The smallest absolute Gasteiger partial charge is 0.244 e. The maximum Gasteiger partial charge on any atom is 0.244 e. The summed E-state index contributed by atoms with van der Waals surface area (Å²) in [4.78, 5) is 27.8. The van der Waals surface area contributed by atoms with E-state index in [1.807, 2.05) is 25.1 Å². The molecule has 0 aliphatic rings. The van der Waals surface area contributed by atoms with Crippen LogP contribution in [0.3, 0.4) is 0 Å². The number of amides is 2. The Bertz CT molecular complexity index is 1340. The Kier molecular flexibility index (Phi) is 9.22. The van der Waals surface area contributed by atoms with Gasteiger partial charge < -0.3 is 10.2 Å². The van der Waals surface area contributed by atoms with Crippen molar-refractivity contribution in [3.05, 3.63) is 76.3 Å². The van der Waals surface area contributed by atoms with Crippen LogP contribution >= 0.6 is 23.2 Å². The van der Waals surface area contributed by atoms with Gasteiger partial charge in [0.2, 0.25) is 21.8 Å². The van der Waals surface area contributed by atoms with Crippen molar-refractivity contribution in [2.45, 2.75) is 32.9 Å². The molecular formula is C26H29Cl2N3O4S. The van der Waals surface area contributed by atoms with Gasteiger partial charge in [-0.15, -0.1) is 0 Å². The predicted molar refractivity (Wildman–Crippen MR) is 146 cm³/mol. The summed E-state index contributed by atoms with van der Waals surface area (Å²) in [6.07, 6.45) is 1.78. The molecule has 10 heteroatoms. The summed E-state index contributed by atoms with van der Waals surface area (Å²) in [6, 6.07) is 16.7. The predicted octanol–water partition coefficient (Wildman–Crippen LogP) is 4.86. The molecule has 0 aliphatic carbocycles. The van der Waals surface area contributed by atoms with Gasteiger partial charge >= 0.3 is 0 Å². The summed E-state index contributed by atoms with van der Waals surface area (Å²) in [5.41, 5.74) is 0.850. The van der Waals surface area contributed by atoms with Gasteiger partial charge in [-0.25, -0.2) is 8.42 Å². The van der Waals surface area contributed by atoms with E-state index in [4.69, 9.17) is 23.2 Å². The molecule has 36 heavy (non-hydrogen) atoms. The minimum atomic E-state index is -3.85. The molecule has 0 unspecified atom stereocenters.